The van der Waals surface area contributed by atoms with Crippen LogP contribution in [0.3, 0.4) is 0 Å². The maximum Gasteiger partial charge on any atom is 0.289 e. The highest BCUT2D eigenvalue weighted by atomic mass is 19.1. The zero-order chi connectivity index (χ0) is 18.8. The minimum Gasteiger partial charge on any atom is -0.486 e. The Hall–Kier alpha value is -3.28. The summed E-state index contributed by atoms with van der Waals surface area (Å²) in [4.78, 5) is 14.2. The zero-order valence-electron chi connectivity index (χ0n) is 14.7. The van der Waals surface area contributed by atoms with Gasteiger partial charge in [-0.1, -0.05) is 12.1 Å². The summed E-state index contributed by atoms with van der Waals surface area (Å²) in [7, 11) is 1.69. The lowest BCUT2D eigenvalue weighted by Crippen LogP contribution is -2.41. The number of hydrogen-bond donors (Lipinski definition) is 0. The van der Waals surface area contributed by atoms with Crippen molar-refractivity contribution < 1.29 is 23.1 Å². The molecule has 3 aromatic rings. The van der Waals surface area contributed by atoms with Crippen LogP contribution in [0.15, 0.2) is 65.1 Å². The van der Waals surface area contributed by atoms with E-state index in [1.165, 1.54) is 17.0 Å². The van der Waals surface area contributed by atoms with Crippen molar-refractivity contribution in [2.75, 3.05) is 20.2 Å². The summed E-state index contributed by atoms with van der Waals surface area (Å²) in [6.45, 7) is 0.730. The lowest BCUT2D eigenvalue weighted by Gasteiger charge is -2.29. The Morgan fingerprint density at radius 2 is 1.81 bits per heavy atom. The molecule has 0 saturated heterocycles. The van der Waals surface area contributed by atoms with Crippen molar-refractivity contribution in [3.8, 4) is 22.8 Å². The van der Waals surface area contributed by atoms with Gasteiger partial charge in [0.2, 0.25) is 0 Å². The summed E-state index contributed by atoms with van der Waals surface area (Å²) in [5.41, 5.74) is 0.707. The summed E-state index contributed by atoms with van der Waals surface area (Å²) in [5.74, 6) is 1.53. The predicted molar refractivity (Wildman–Crippen MR) is 97.4 cm³/mol. The molecule has 0 bridgehead atoms. The Morgan fingerprint density at radius 3 is 2.59 bits per heavy atom. The molecule has 1 atom stereocenters. The van der Waals surface area contributed by atoms with Crippen molar-refractivity contribution in [3.63, 3.8) is 0 Å². The predicted octanol–water partition coefficient (Wildman–Crippen LogP) is 4.00. The van der Waals surface area contributed by atoms with Crippen LogP contribution in [0.2, 0.25) is 0 Å². The van der Waals surface area contributed by atoms with Crippen LogP contribution < -0.4 is 9.47 Å². The molecule has 1 aliphatic heterocycles. The number of hydrogen-bond acceptors (Lipinski definition) is 4. The van der Waals surface area contributed by atoms with E-state index in [9.17, 15) is 9.18 Å². The van der Waals surface area contributed by atoms with E-state index < -0.39 is 0 Å². The fraction of sp³-hybridized carbons (Fsp3) is 0.190. The summed E-state index contributed by atoms with van der Waals surface area (Å²) < 4.78 is 30.3. The van der Waals surface area contributed by atoms with E-state index in [-0.39, 0.29) is 23.6 Å². The Balaban J connectivity index is 1.42. The average molecular weight is 367 g/mol. The molecule has 5 nitrogen and oxygen atoms in total. The molecule has 0 fully saturated rings. The van der Waals surface area contributed by atoms with E-state index in [0.29, 0.717) is 36.0 Å². The minimum atomic E-state index is -0.322. The van der Waals surface area contributed by atoms with Crippen LogP contribution >= 0.6 is 0 Å². The number of halogens is 1. The topological polar surface area (TPSA) is 51.9 Å². The summed E-state index contributed by atoms with van der Waals surface area (Å²) in [6.07, 6.45) is -0.264. The van der Waals surface area contributed by atoms with Gasteiger partial charge >= 0.3 is 0 Å². The SMILES string of the molecule is CN(C[C@H]1COc2ccccc2O1)C(=O)c1ccc(-c2ccc(F)cc2)o1. The standard InChI is InChI=1S/C21H18FNO4/c1-23(12-16-13-25-18-4-2-3-5-19(18)26-16)21(24)20-11-10-17(27-20)14-6-8-15(22)9-7-14/h2-11,16H,12-13H2,1H3/t16-/m0/s1. The molecule has 0 N–H and O–H groups in total. The zero-order valence-corrected chi connectivity index (χ0v) is 14.7. The Morgan fingerprint density at radius 1 is 1.07 bits per heavy atom. The number of benzene rings is 2. The van der Waals surface area contributed by atoms with Crippen molar-refractivity contribution in [1.82, 2.24) is 4.90 Å². The number of fused-ring (bicyclic) bond motifs is 1. The molecule has 0 spiro atoms. The van der Waals surface area contributed by atoms with Gasteiger partial charge in [-0.05, 0) is 48.5 Å². The molecule has 0 radical (unpaired) electrons. The van der Waals surface area contributed by atoms with Crippen LogP contribution in [0.4, 0.5) is 4.39 Å². The number of amides is 1. The summed E-state index contributed by atoms with van der Waals surface area (Å²) in [6, 6.07) is 16.7. The molecule has 1 amide bonds. The van der Waals surface area contributed by atoms with E-state index in [4.69, 9.17) is 13.9 Å². The van der Waals surface area contributed by atoms with Crippen LogP contribution in [0.5, 0.6) is 11.5 Å². The van der Waals surface area contributed by atoms with Crippen LogP contribution in [-0.2, 0) is 0 Å². The second-order valence-electron chi connectivity index (χ2n) is 6.35. The first kappa shape index (κ1) is 17.1. The van der Waals surface area contributed by atoms with Gasteiger partial charge in [-0.25, -0.2) is 4.39 Å². The molecular weight excluding hydrogens is 349 g/mol. The molecule has 4 rings (SSSR count). The van der Waals surface area contributed by atoms with Crippen LogP contribution in [0, 0.1) is 5.82 Å². The first-order valence-electron chi connectivity index (χ1n) is 8.60. The number of likely N-dealkylation sites (N-methyl/N-ethyl adjacent to an activating group) is 1. The van der Waals surface area contributed by atoms with Gasteiger partial charge in [-0.2, -0.15) is 0 Å². The van der Waals surface area contributed by atoms with Crippen molar-refractivity contribution in [3.05, 3.63) is 72.2 Å². The molecular formula is C21H18FNO4. The Kier molecular flexibility index (Phi) is 4.54. The van der Waals surface area contributed by atoms with E-state index in [1.807, 2.05) is 24.3 Å². The van der Waals surface area contributed by atoms with Crippen LogP contribution in [0.1, 0.15) is 10.6 Å². The number of carbonyl (C=O) groups excluding carboxylic acids is 1. The van der Waals surface area contributed by atoms with Crippen LogP contribution in [0.25, 0.3) is 11.3 Å². The third-order valence-corrected chi connectivity index (χ3v) is 4.34. The highest BCUT2D eigenvalue weighted by Gasteiger charge is 2.25. The van der Waals surface area contributed by atoms with Gasteiger partial charge in [-0.3, -0.25) is 4.79 Å². The minimum absolute atomic E-state index is 0.217. The average Bonchev–Trinajstić information content (AvgIpc) is 3.18. The molecule has 2 aromatic carbocycles. The van der Waals surface area contributed by atoms with Crippen molar-refractivity contribution in [2.24, 2.45) is 0 Å². The lowest BCUT2D eigenvalue weighted by atomic mass is 10.2. The van der Waals surface area contributed by atoms with Gasteiger partial charge in [0.15, 0.2) is 23.4 Å². The lowest BCUT2D eigenvalue weighted by molar-refractivity contribution is 0.0502. The summed E-state index contributed by atoms with van der Waals surface area (Å²) in [5, 5.41) is 0. The first-order chi connectivity index (χ1) is 13.1. The van der Waals surface area contributed by atoms with Gasteiger partial charge in [0.25, 0.3) is 5.91 Å². The quantitative estimate of drug-likeness (QED) is 0.699. The molecule has 0 saturated carbocycles. The maximum atomic E-state index is 13.0. The monoisotopic (exact) mass is 367 g/mol. The molecule has 0 aliphatic carbocycles. The van der Waals surface area contributed by atoms with Gasteiger partial charge in [-0.15, -0.1) is 0 Å². The van der Waals surface area contributed by atoms with E-state index in [0.717, 1.165) is 0 Å². The normalized spacial score (nSPS) is 15.4. The molecule has 6 heteroatoms. The fourth-order valence-corrected chi connectivity index (χ4v) is 2.95. The molecule has 2 heterocycles. The third kappa shape index (κ3) is 3.65. The number of nitrogens with zero attached hydrogens (tertiary/aromatic N) is 1. The van der Waals surface area contributed by atoms with Crippen molar-refractivity contribution >= 4 is 5.91 Å². The second kappa shape index (κ2) is 7.15. The highest BCUT2D eigenvalue weighted by Crippen LogP contribution is 2.31. The van der Waals surface area contributed by atoms with E-state index in [1.54, 1.807) is 31.3 Å². The van der Waals surface area contributed by atoms with Crippen LogP contribution in [-0.4, -0.2) is 37.1 Å². The summed E-state index contributed by atoms with van der Waals surface area (Å²) >= 11 is 0. The van der Waals surface area contributed by atoms with E-state index in [2.05, 4.69) is 0 Å². The first-order valence-corrected chi connectivity index (χ1v) is 8.60. The number of para-hydroxylation sites is 2. The maximum absolute atomic E-state index is 13.0. The van der Waals surface area contributed by atoms with E-state index >= 15 is 0 Å². The molecule has 1 aliphatic rings. The number of carbonyl (C=O) groups is 1. The Labute approximate surface area is 155 Å². The smallest absolute Gasteiger partial charge is 0.289 e. The number of furan rings is 1. The molecule has 138 valence electrons. The molecule has 0 unspecified atom stereocenters. The van der Waals surface area contributed by atoms with Gasteiger partial charge in [0.05, 0.1) is 6.54 Å². The second-order valence-corrected chi connectivity index (χ2v) is 6.35. The highest BCUT2D eigenvalue weighted by molar-refractivity contribution is 5.92. The fourth-order valence-electron chi connectivity index (χ4n) is 2.95. The number of rotatable bonds is 4. The Bertz CT molecular complexity index is 951. The third-order valence-electron chi connectivity index (χ3n) is 4.34. The van der Waals surface area contributed by atoms with Crippen molar-refractivity contribution in [1.29, 1.82) is 0 Å². The number of ether oxygens (including phenoxy) is 2. The van der Waals surface area contributed by atoms with Crippen molar-refractivity contribution in [2.45, 2.75) is 6.10 Å². The largest absolute Gasteiger partial charge is 0.486 e. The molecule has 27 heavy (non-hydrogen) atoms. The van der Waals surface area contributed by atoms with Gasteiger partial charge < -0.3 is 18.8 Å². The van der Waals surface area contributed by atoms with Gasteiger partial charge in [0.1, 0.15) is 18.2 Å². The molecule has 1 aromatic heterocycles. The van der Waals surface area contributed by atoms with Gasteiger partial charge in [0, 0.05) is 12.6 Å².